The lowest BCUT2D eigenvalue weighted by atomic mass is 10.0. The zero-order valence-electron chi connectivity index (χ0n) is 9.49. The lowest BCUT2D eigenvalue weighted by molar-refractivity contribution is -0.121. The fourth-order valence-corrected chi connectivity index (χ4v) is 1.48. The first-order chi connectivity index (χ1) is 7.24. The van der Waals surface area contributed by atoms with E-state index in [0.29, 0.717) is 12.3 Å². The average Bonchev–Trinajstić information content (AvgIpc) is 2.27. The van der Waals surface area contributed by atoms with Crippen molar-refractivity contribution < 1.29 is 4.79 Å². The number of carbonyl (C=O) groups excluding carboxylic acids is 1. The van der Waals surface area contributed by atoms with Crippen molar-refractivity contribution in [2.45, 2.75) is 32.6 Å². The second-order valence-electron chi connectivity index (χ2n) is 3.87. The molecule has 2 heteroatoms. The second-order valence-corrected chi connectivity index (χ2v) is 3.87. The Bertz CT molecular complexity index is 295. The lowest BCUT2D eigenvalue weighted by Gasteiger charge is -2.12. The molecule has 0 aliphatic rings. The molecule has 0 bridgehead atoms. The molecule has 0 radical (unpaired) electrons. The van der Waals surface area contributed by atoms with Crippen LogP contribution in [-0.4, -0.2) is 12.5 Å². The zero-order chi connectivity index (χ0) is 11.1. The number of rotatable bonds is 5. The van der Waals surface area contributed by atoms with Gasteiger partial charge in [0.25, 0.3) is 0 Å². The van der Waals surface area contributed by atoms with Gasteiger partial charge >= 0.3 is 0 Å². The summed E-state index contributed by atoms with van der Waals surface area (Å²) in [6, 6.07) is 10.2. The van der Waals surface area contributed by atoms with E-state index in [1.807, 2.05) is 25.1 Å². The molecule has 0 aliphatic heterocycles. The quantitative estimate of drug-likeness (QED) is 0.786. The summed E-state index contributed by atoms with van der Waals surface area (Å²) in [5.41, 5.74) is 1.27. The summed E-state index contributed by atoms with van der Waals surface area (Å²) in [4.78, 5) is 11.3. The van der Waals surface area contributed by atoms with Crippen molar-refractivity contribution in [1.29, 1.82) is 0 Å². The van der Waals surface area contributed by atoms with Crippen LogP contribution in [0.4, 0.5) is 0 Å². The molecule has 1 rings (SSSR count). The highest BCUT2D eigenvalue weighted by Crippen LogP contribution is 2.12. The van der Waals surface area contributed by atoms with Crippen molar-refractivity contribution in [3.05, 3.63) is 35.9 Å². The topological polar surface area (TPSA) is 29.1 Å². The number of hydrogen-bond acceptors (Lipinski definition) is 1. The third-order valence-corrected chi connectivity index (χ3v) is 2.45. The smallest absolute Gasteiger partial charge is 0.220 e. The maximum atomic E-state index is 11.3. The molecule has 0 fully saturated rings. The standard InChI is InChI=1S/C13H19NO/c1-3-7-13(15)14-10-11(2)12-8-5-4-6-9-12/h4-6,8-9,11H,3,7,10H2,1-2H3,(H,14,15). The Balaban J connectivity index is 2.37. The van der Waals surface area contributed by atoms with Crippen molar-refractivity contribution in [3.8, 4) is 0 Å². The summed E-state index contributed by atoms with van der Waals surface area (Å²) in [7, 11) is 0. The van der Waals surface area contributed by atoms with E-state index in [1.165, 1.54) is 5.56 Å². The zero-order valence-corrected chi connectivity index (χ0v) is 9.49. The molecule has 82 valence electrons. The van der Waals surface area contributed by atoms with Gasteiger partial charge in [0.1, 0.15) is 0 Å². The number of hydrogen-bond donors (Lipinski definition) is 1. The molecule has 1 unspecified atom stereocenters. The molecule has 0 saturated heterocycles. The highest BCUT2D eigenvalue weighted by molar-refractivity contribution is 5.75. The van der Waals surface area contributed by atoms with Gasteiger partial charge in [0, 0.05) is 13.0 Å². The molecule has 0 saturated carbocycles. The van der Waals surface area contributed by atoms with Crippen LogP contribution in [0.1, 0.15) is 38.2 Å². The van der Waals surface area contributed by atoms with Crippen LogP contribution in [0.2, 0.25) is 0 Å². The highest BCUT2D eigenvalue weighted by atomic mass is 16.1. The van der Waals surface area contributed by atoms with Crippen molar-refractivity contribution in [2.75, 3.05) is 6.54 Å². The summed E-state index contributed by atoms with van der Waals surface area (Å²) in [6.07, 6.45) is 1.53. The molecule has 1 N–H and O–H groups in total. The van der Waals surface area contributed by atoms with E-state index >= 15 is 0 Å². The lowest BCUT2D eigenvalue weighted by Crippen LogP contribution is -2.26. The van der Waals surface area contributed by atoms with E-state index in [2.05, 4.69) is 24.4 Å². The molecule has 1 atom stereocenters. The summed E-state index contributed by atoms with van der Waals surface area (Å²) in [6.45, 7) is 4.87. The van der Waals surface area contributed by atoms with Crippen LogP contribution in [0.15, 0.2) is 30.3 Å². The number of carbonyl (C=O) groups is 1. The van der Waals surface area contributed by atoms with E-state index < -0.39 is 0 Å². The molecule has 15 heavy (non-hydrogen) atoms. The first-order valence-electron chi connectivity index (χ1n) is 5.55. The fourth-order valence-electron chi connectivity index (χ4n) is 1.48. The third kappa shape index (κ3) is 4.15. The Morgan fingerprint density at radius 3 is 2.60 bits per heavy atom. The van der Waals surface area contributed by atoms with Crippen LogP contribution < -0.4 is 5.32 Å². The fraction of sp³-hybridized carbons (Fsp3) is 0.462. The molecule has 1 aromatic rings. The molecule has 1 amide bonds. The van der Waals surface area contributed by atoms with Gasteiger partial charge in [-0.05, 0) is 17.9 Å². The summed E-state index contributed by atoms with van der Waals surface area (Å²) in [5.74, 6) is 0.535. The van der Waals surface area contributed by atoms with E-state index in [1.54, 1.807) is 0 Å². The molecule has 0 spiro atoms. The van der Waals surface area contributed by atoms with Crippen LogP contribution >= 0.6 is 0 Å². The monoisotopic (exact) mass is 205 g/mol. The van der Waals surface area contributed by atoms with Crippen LogP contribution in [0.25, 0.3) is 0 Å². The van der Waals surface area contributed by atoms with Gasteiger partial charge in [-0.2, -0.15) is 0 Å². The maximum Gasteiger partial charge on any atom is 0.220 e. The molecule has 1 aromatic carbocycles. The van der Waals surface area contributed by atoms with Gasteiger partial charge in [0.15, 0.2) is 0 Å². The van der Waals surface area contributed by atoms with Gasteiger partial charge in [-0.1, -0.05) is 44.2 Å². The minimum Gasteiger partial charge on any atom is -0.356 e. The van der Waals surface area contributed by atoms with Crippen molar-refractivity contribution in [1.82, 2.24) is 5.32 Å². The molecule has 2 nitrogen and oxygen atoms in total. The van der Waals surface area contributed by atoms with Crippen LogP contribution in [0.5, 0.6) is 0 Å². The predicted molar refractivity (Wildman–Crippen MR) is 62.8 cm³/mol. The average molecular weight is 205 g/mol. The van der Waals surface area contributed by atoms with Crippen LogP contribution in [-0.2, 0) is 4.79 Å². The highest BCUT2D eigenvalue weighted by Gasteiger charge is 2.06. The summed E-state index contributed by atoms with van der Waals surface area (Å²) >= 11 is 0. The van der Waals surface area contributed by atoms with Gasteiger partial charge in [-0.15, -0.1) is 0 Å². The van der Waals surface area contributed by atoms with E-state index in [-0.39, 0.29) is 5.91 Å². The Morgan fingerprint density at radius 1 is 1.33 bits per heavy atom. The van der Waals surface area contributed by atoms with Crippen molar-refractivity contribution >= 4 is 5.91 Å². The van der Waals surface area contributed by atoms with E-state index in [9.17, 15) is 4.79 Å². The SMILES string of the molecule is CCCC(=O)NCC(C)c1ccccc1. The summed E-state index contributed by atoms with van der Waals surface area (Å²) in [5, 5.41) is 2.94. The first-order valence-corrected chi connectivity index (χ1v) is 5.55. The van der Waals surface area contributed by atoms with Gasteiger partial charge in [0.2, 0.25) is 5.91 Å². The Hall–Kier alpha value is -1.31. The number of benzene rings is 1. The molecule has 0 aliphatic carbocycles. The number of nitrogens with one attached hydrogen (secondary N) is 1. The van der Waals surface area contributed by atoms with E-state index in [0.717, 1.165) is 13.0 Å². The Labute approximate surface area is 91.7 Å². The van der Waals surface area contributed by atoms with Crippen LogP contribution in [0.3, 0.4) is 0 Å². The Morgan fingerprint density at radius 2 is 2.00 bits per heavy atom. The van der Waals surface area contributed by atoms with Crippen LogP contribution in [0, 0.1) is 0 Å². The van der Waals surface area contributed by atoms with Gasteiger partial charge in [-0.3, -0.25) is 4.79 Å². The second kappa shape index (κ2) is 6.23. The summed E-state index contributed by atoms with van der Waals surface area (Å²) < 4.78 is 0. The maximum absolute atomic E-state index is 11.3. The predicted octanol–water partition coefficient (Wildman–Crippen LogP) is 2.71. The van der Waals surface area contributed by atoms with E-state index in [4.69, 9.17) is 0 Å². The molecule has 0 heterocycles. The Kier molecular flexibility index (Phi) is 4.88. The van der Waals surface area contributed by atoms with Gasteiger partial charge < -0.3 is 5.32 Å². The van der Waals surface area contributed by atoms with Gasteiger partial charge in [-0.25, -0.2) is 0 Å². The largest absolute Gasteiger partial charge is 0.356 e. The van der Waals surface area contributed by atoms with Gasteiger partial charge in [0.05, 0.1) is 0 Å². The van der Waals surface area contributed by atoms with Crippen molar-refractivity contribution in [2.24, 2.45) is 0 Å². The minimum absolute atomic E-state index is 0.153. The molecular formula is C13H19NO. The van der Waals surface area contributed by atoms with Crippen molar-refractivity contribution in [3.63, 3.8) is 0 Å². The third-order valence-electron chi connectivity index (χ3n) is 2.45. The minimum atomic E-state index is 0.153. The first kappa shape index (κ1) is 11.8. The number of amides is 1. The molecular weight excluding hydrogens is 186 g/mol. The normalized spacial score (nSPS) is 12.1. The molecule has 0 aromatic heterocycles.